The molecule has 2 nitrogen and oxygen atoms in total. The molecule has 94 valence electrons. The van der Waals surface area contributed by atoms with E-state index in [1.807, 2.05) is 0 Å². The van der Waals surface area contributed by atoms with E-state index >= 15 is 0 Å². The Morgan fingerprint density at radius 2 is 2.22 bits per heavy atom. The van der Waals surface area contributed by atoms with Crippen molar-refractivity contribution in [2.45, 2.75) is 25.2 Å². The molecule has 0 atom stereocenters. The number of aromatic nitrogens is 1. The molecular formula is C13H12ClFN2S. The van der Waals surface area contributed by atoms with Crippen LogP contribution in [0.1, 0.15) is 34.9 Å². The van der Waals surface area contributed by atoms with Crippen molar-refractivity contribution in [2.24, 2.45) is 0 Å². The van der Waals surface area contributed by atoms with Gasteiger partial charge in [-0.15, -0.1) is 11.3 Å². The lowest BCUT2D eigenvalue weighted by atomic mass is 10.1. The van der Waals surface area contributed by atoms with Crippen LogP contribution in [0, 0.1) is 5.82 Å². The molecule has 1 aliphatic rings. The fraction of sp³-hybridized carbons (Fsp3) is 0.308. The largest absolute Gasteiger partial charge is 0.375 e. The minimum atomic E-state index is -0.310. The van der Waals surface area contributed by atoms with E-state index in [0.717, 1.165) is 16.1 Å². The molecule has 0 amide bonds. The second-order valence-corrected chi connectivity index (χ2v) is 6.07. The first kappa shape index (κ1) is 11.9. The van der Waals surface area contributed by atoms with E-state index < -0.39 is 0 Å². The van der Waals surface area contributed by atoms with Gasteiger partial charge in [0.15, 0.2) is 5.13 Å². The van der Waals surface area contributed by atoms with Crippen LogP contribution < -0.4 is 5.73 Å². The van der Waals surface area contributed by atoms with Crippen molar-refractivity contribution < 1.29 is 4.39 Å². The molecule has 3 rings (SSSR count). The molecule has 1 aromatic heterocycles. The normalized spacial score (nSPS) is 15.0. The summed E-state index contributed by atoms with van der Waals surface area (Å²) in [6.07, 6.45) is 3.06. The third kappa shape index (κ3) is 2.35. The minimum absolute atomic E-state index is 0.310. The van der Waals surface area contributed by atoms with Crippen LogP contribution in [0.4, 0.5) is 9.52 Å². The maximum atomic E-state index is 13.0. The summed E-state index contributed by atoms with van der Waals surface area (Å²) in [5.74, 6) is 0.253. The van der Waals surface area contributed by atoms with E-state index in [4.69, 9.17) is 17.3 Å². The number of rotatable bonds is 3. The smallest absolute Gasteiger partial charge is 0.180 e. The van der Waals surface area contributed by atoms with Gasteiger partial charge in [0.2, 0.25) is 0 Å². The summed E-state index contributed by atoms with van der Waals surface area (Å²) in [7, 11) is 0. The van der Waals surface area contributed by atoms with Gasteiger partial charge in [-0.2, -0.15) is 0 Å². The van der Waals surface area contributed by atoms with E-state index in [-0.39, 0.29) is 5.82 Å². The van der Waals surface area contributed by atoms with Crippen molar-refractivity contribution in [3.63, 3.8) is 0 Å². The molecule has 0 spiro atoms. The van der Waals surface area contributed by atoms with Crippen LogP contribution in [0.3, 0.4) is 0 Å². The fourth-order valence-corrected chi connectivity index (χ4v) is 3.20. The predicted octanol–water partition coefficient (Wildman–Crippen LogP) is 3.99. The quantitative estimate of drug-likeness (QED) is 0.924. The zero-order chi connectivity index (χ0) is 12.7. The number of hydrogen-bond acceptors (Lipinski definition) is 3. The molecule has 0 aliphatic heterocycles. The molecule has 0 unspecified atom stereocenters. The summed E-state index contributed by atoms with van der Waals surface area (Å²) in [5.41, 5.74) is 7.80. The van der Waals surface area contributed by atoms with Crippen LogP contribution in [0.2, 0.25) is 5.02 Å². The summed E-state index contributed by atoms with van der Waals surface area (Å²) in [6.45, 7) is 0. The topological polar surface area (TPSA) is 38.9 Å². The third-order valence-corrected chi connectivity index (χ3v) is 4.33. The Labute approximate surface area is 114 Å². The average molecular weight is 283 g/mol. The van der Waals surface area contributed by atoms with Crippen molar-refractivity contribution in [2.75, 3.05) is 5.73 Å². The average Bonchev–Trinajstić information content (AvgIpc) is 3.08. The highest BCUT2D eigenvalue weighted by Crippen LogP contribution is 2.44. The van der Waals surface area contributed by atoms with Crippen molar-refractivity contribution in [1.82, 2.24) is 4.98 Å². The Morgan fingerprint density at radius 3 is 2.89 bits per heavy atom. The number of nitrogens with two attached hydrogens (primary N) is 1. The molecule has 1 saturated carbocycles. The first-order valence-corrected chi connectivity index (χ1v) is 7.02. The molecule has 0 bridgehead atoms. The Bertz CT molecular complexity index is 593. The number of hydrogen-bond donors (Lipinski definition) is 1. The van der Waals surface area contributed by atoms with Gasteiger partial charge >= 0.3 is 0 Å². The summed E-state index contributed by atoms with van der Waals surface area (Å²) >= 11 is 7.55. The van der Waals surface area contributed by atoms with Crippen LogP contribution in [0.5, 0.6) is 0 Å². The lowest BCUT2D eigenvalue weighted by Gasteiger charge is -2.04. The van der Waals surface area contributed by atoms with E-state index in [2.05, 4.69) is 4.98 Å². The second-order valence-electron chi connectivity index (χ2n) is 4.55. The zero-order valence-electron chi connectivity index (χ0n) is 9.62. The van der Waals surface area contributed by atoms with Crippen LogP contribution in [-0.2, 0) is 6.42 Å². The Kier molecular flexibility index (Phi) is 2.99. The van der Waals surface area contributed by atoms with Gasteiger partial charge in [0.25, 0.3) is 0 Å². The lowest BCUT2D eigenvalue weighted by molar-refractivity contribution is 0.627. The first-order chi connectivity index (χ1) is 8.63. The van der Waals surface area contributed by atoms with E-state index in [1.165, 1.54) is 36.3 Å². The molecule has 2 N–H and O–H groups in total. The van der Waals surface area contributed by atoms with Crippen LogP contribution in [0.15, 0.2) is 18.2 Å². The highest BCUT2D eigenvalue weighted by atomic mass is 35.5. The van der Waals surface area contributed by atoms with Crippen molar-refractivity contribution in [3.8, 4) is 0 Å². The Balaban J connectivity index is 1.91. The summed E-state index contributed by atoms with van der Waals surface area (Å²) in [4.78, 5) is 5.55. The summed E-state index contributed by atoms with van der Waals surface area (Å²) in [5, 5.41) is 1.06. The maximum Gasteiger partial charge on any atom is 0.180 e. The third-order valence-electron chi connectivity index (χ3n) is 3.07. The molecule has 1 heterocycles. The molecule has 5 heteroatoms. The molecule has 0 saturated heterocycles. The highest BCUT2D eigenvalue weighted by molar-refractivity contribution is 7.15. The summed E-state index contributed by atoms with van der Waals surface area (Å²) < 4.78 is 13.0. The SMILES string of the molecule is Nc1nc(C2CC2)c(Cc2ccc(F)cc2Cl)s1. The number of nitrogen functional groups attached to an aromatic ring is 1. The van der Waals surface area contributed by atoms with Gasteiger partial charge in [-0.1, -0.05) is 17.7 Å². The van der Waals surface area contributed by atoms with Crippen LogP contribution >= 0.6 is 22.9 Å². The summed E-state index contributed by atoms with van der Waals surface area (Å²) in [6, 6.07) is 4.50. The number of anilines is 1. The standard InChI is InChI=1S/C13H12ClFN2S/c14-10-6-9(15)4-3-8(10)5-11-12(7-1-2-7)17-13(16)18-11/h3-4,6-7H,1-2,5H2,(H2,16,17). The van der Waals surface area contributed by atoms with Crippen molar-refractivity contribution in [3.05, 3.63) is 45.2 Å². The second kappa shape index (κ2) is 4.52. The molecule has 1 aromatic carbocycles. The predicted molar refractivity (Wildman–Crippen MR) is 72.7 cm³/mol. The zero-order valence-corrected chi connectivity index (χ0v) is 11.2. The minimum Gasteiger partial charge on any atom is -0.375 e. The van der Waals surface area contributed by atoms with E-state index in [1.54, 1.807) is 6.07 Å². The van der Waals surface area contributed by atoms with Gasteiger partial charge in [0.1, 0.15) is 5.82 Å². The van der Waals surface area contributed by atoms with Gasteiger partial charge in [0, 0.05) is 22.2 Å². The van der Waals surface area contributed by atoms with Crippen LogP contribution in [-0.4, -0.2) is 4.98 Å². The van der Waals surface area contributed by atoms with Gasteiger partial charge in [-0.3, -0.25) is 0 Å². The molecule has 2 aromatic rings. The van der Waals surface area contributed by atoms with Gasteiger partial charge in [-0.25, -0.2) is 9.37 Å². The molecule has 1 fully saturated rings. The van der Waals surface area contributed by atoms with Crippen molar-refractivity contribution >= 4 is 28.1 Å². The number of thiazole rings is 1. The van der Waals surface area contributed by atoms with Crippen molar-refractivity contribution in [1.29, 1.82) is 0 Å². The van der Waals surface area contributed by atoms with Crippen LogP contribution in [0.25, 0.3) is 0 Å². The highest BCUT2D eigenvalue weighted by Gasteiger charge is 2.29. The molecule has 1 aliphatic carbocycles. The number of nitrogens with zero attached hydrogens (tertiary/aromatic N) is 1. The Morgan fingerprint density at radius 1 is 1.44 bits per heavy atom. The molecule has 0 radical (unpaired) electrons. The van der Waals surface area contributed by atoms with Gasteiger partial charge in [-0.05, 0) is 30.5 Å². The van der Waals surface area contributed by atoms with Gasteiger partial charge in [0.05, 0.1) is 5.69 Å². The molecular weight excluding hydrogens is 271 g/mol. The number of benzene rings is 1. The van der Waals surface area contributed by atoms with Gasteiger partial charge < -0.3 is 5.73 Å². The Hall–Kier alpha value is -1.13. The maximum absolute atomic E-state index is 13.0. The van der Waals surface area contributed by atoms with E-state index in [0.29, 0.717) is 22.5 Å². The fourth-order valence-electron chi connectivity index (χ4n) is 2.02. The number of halogens is 2. The monoisotopic (exact) mass is 282 g/mol. The van der Waals surface area contributed by atoms with E-state index in [9.17, 15) is 4.39 Å². The first-order valence-electron chi connectivity index (χ1n) is 5.82. The lowest BCUT2D eigenvalue weighted by Crippen LogP contribution is -1.92. The molecule has 18 heavy (non-hydrogen) atoms.